The van der Waals surface area contributed by atoms with Crippen LogP contribution in [0.25, 0.3) is 0 Å². The summed E-state index contributed by atoms with van der Waals surface area (Å²) in [5.74, 6) is -0.211. The number of aliphatic hydroxyl groups excluding tert-OH is 1. The molecule has 1 heterocycles. The number of aliphatic carboxylic acids is 1. The van der Waals surface area contributed by atoms with Crippen LogP contribution >= 0.6 is 0 Å². The monoisotopic (exact) mass is 352 g/mol. The second-order valence-electron chi connectivity index (χ2n) is 5.89. The molecule has 134 valence electrons. The summed E-state index contributed by atoms with van der Waals surface area (Å²) in [6.45, 7) is -0.227. The largest absolute Gasteiger partial charge is 0.479 e. The van der Waals surface area contributed by atoms with Gasteiger partial charge in [0.05, 0.1) is 0 Å². The van der Waals surface area contributed by atoms with Crippen LogP contribution in [-0.4, -0.2) is 22.3 Å². The Morgan fingerprint density at radius 2 is 1.42 bits per heavy atom. The summed E-state index contributed by atoms with van der Waals surface area (Å²) in [5.41, 5.74) is 1.75. The second-order valence-corrected chi connectivity index (χ2v) is 5.89. The maximum atomic E-state index is 11.8. The highest BCUT2D eigenvalue weighted by molar-refractivity contribution is 5.72. The van der Waals surface area contributed by atoms with Gasteiger partial charge >= 0.3 is 5.97 Å². The lowest BCUT2D eigenvalue weighted by molar-refractivity contribution is -0.153. The quantitative estimate of drug-likeness (QED) is 0.648. The van der Waals surface area contributed by atoms with E-state index in [-0.39, 0.29) is 13.0 Å². The van der Waals surface area contributed by atoms with Crippen molar-refractivity contribution in [3.8, 4) is 0 Å². The molecule has 3 rings (SSSR count). The molecular weight excluding hydrogens is 332 g/mol. The zero-order valence-corrected chi connectivity index (χ0v) is 14.1. The topological polar surface area (TPSA) is 79.9 Å². The predicted molar refractivity (Wildman–Crippen MR) is 95.6 cm³/mol. The Kier molecular flexibility index (Phi) is 5.84. The number of carbonyl (C=O) groups is 1. The third kappa shape index (κ3) is 4.39. The maximum absolute atomic E-state index is 11.8. The summed E-state index contributed by atoms with van der Waals surface area (Å²) >= 11 is 0. The summed E-state index contributed by atoms with van der Waals surface area (Å²) in [4.78, 5) is 11.8. The number of hydrogen-bond donors (Lipinski definition) is 2. The van der Waals surface area contributed by atoms with Gasteiger partial charge in [-0.2, -0.15) is 0 Å². The molecule has 2 aromatic carbocycles. The minimum absolute atomic E-state index is 0.0749. The molecule has 3 aromatic rings. The van der Waals surface area contributed by atoms with Gasteiger partial charge in [-0.1, -0.05) is 60.7 Å². The lowest BCUT2D eigenvalue weighted by Crippen LogP contribution is -2.28. The molecule has 0 amide bonds. The van der Waals surface area contributed by atoms with Gasteiger partial charge in [0.1, 0.15) is 24.2 Å². The molecule has 0 fully saturated rings. The van der Waals surface area contributed by atoms with Gasteiger partial charge in [-0.3, -0.25) is 0 Å². The third-order valence-electron chi connectivity index (χ3n) is 4.04. The molecule has 1 unspecified atom stereocenters. The minimum Gasteiger partial charge on any atom is -0.479 e. The van der Waals surface area contributed by atoms with Crippen LogP contribution in [0.2, 0.25) is 0 Å². The number of hydrogen-bond acceptors (Lipinski definition) is 4. The van der Waals surface area contributed by atoms with Crippen molar-refractivity contribution in [2.24, 2.45) is 0 Å². The van der Waals surface area contributed by atoms with Gasteiger partial charge in [0.15, 0.2) is 6.10 Å². The molecule has 5 nitrogen and oxygen atoms in total. The fraction of sp³-hybridized carbons (Fsp3) is 0.190. The van der Waals surface area contributed by atoms with Gasteiger partial charge in [0, 0.05) is 6.42 Å². The molecule has 0 saturated heterocycles. The summed E-state index contributed by atoms with van der Waals surface area (Å²) in [6, 6.07) is 22.3. The molecule has 0 aliphatic rings. The molecule has 1 aromatic heterocycles. The molecule has 0 bridgehead atoms. The average Bonchev–Trinajstić information content (AvgIpc) is 3.14. The van der Waals surface area contributed by atoms with E-state index in [0.717, 1.165) is 11.1 Å². The van der Waals surface area contributed by atoms with Crippen LogP contribution in [0.4, 0.5) is 0 Å². The normalized spacial score (nSPS) is 12.2. The van der Waals surface area contributed by atoms with E-state index in [4.69, 9.17) is 14.3 Å². The van der Waals surface area contributed by atoms with Gasteiger partial charge in [0.25, 0.3) is 0 Å². The molecule has 2 N–H and O–H groups in total. The maximum Gasteiger partial charge on any atom is 0.333 e. The zero-order valence-electron chi connectivity index (χ0n) is 14.1. The number of furan rings is 1. The molecule has 0 aliphatic carbocycles. The van der Waals surface area contributed by atoms with E-state index in [1.54, 1.807) is 12.1 Å². The standard InChI is InChI=1S/C21H20O5/c22-14-18-12-11-17(25-18)13-19(21(23)24)26-20(15-7-3-1-4-8-15)16-9-5-2-6-10-16/h1-12,19-20,22H,13-14H2,(H,23,24). The number of benzene rings is 2. The fourth-order valence-corrected chi connectivity index (χ4v) is 2.76. The van der Waals surface area contributed by atoms with Crippen LogP contribution in [0, 0.1) is 0 Å². The van der Waals surface area contributed by atoms with E-state index in [1.165, 1.54) is 0 Å². The predicted octanol–water partition coefficient (Wildman–Crippen LogP) is 3.57. The van der Waals surface area contributed by atoms with Crippen LogP contribution in [0.5, 0.6) is 0 Å². The number of carboxylic acid groups (broad SMARTS) is 1. The Hall–Kier alpha value is -2.89. The van der Waals surface area contributed by atoms with Crippen molar-refractivity contribution >= 4 is 5.97 Å². The molecule has 26 heavy (non-hydrogen) atoms. The number of carboxylic acids is 1. The lowest BCUT2D eigenvalue weighted by Gasteiger charge is -2.23. The van der Waals surface area contributed by atoms with Crippen molar-refractivity contribution in [2.45, 2.75) is 25.2 Å². The van der Waals surface area contributed by atoms with Crippen LogP contribution in [0.15, 0.2) is 77.2 Å². The highest BCUT2D eigenvalue weighted by atomic mass is 16.5. The Balaban J connectivity index is 1.86. The highest BCUT2D eigenvalue weighted by Crippen LogP contribution is 2.28. The van der Waals surface area contributed by atoms with E-state index < -0.39 is 18.2 Å². The molecular formula is C21H20O5. The van der Waals surface area contributed by atoms with E-state index in [9.17, 15) is 9.90 Å². The summed E-state index contributed by atoms with van der Waals surface area (Å²) in [5, 5.41) is 18.7. The van der Waals surface area contributed by atoms with Crippen LogP contribution in [-0.2, 0) is 22.6 Å². The first-order valence-corrected chi connectivity index (χ1v) is 8.34. The van der Waals surface area contributed by atoms with Crippen molar-refractivity contribution in [3.63, 3.8) is 0 Å². The van der Waals surface area contributed by atoms with Gasteiger partial charge in [-0.15, -0.1) is 0 Å². The molecule has 0 spiro atoms. The van der Waals surface area contributed by atoms with E-state index in [2.05, 4.69) is 0 Å². The smallest absolute Gasteiger partial charge is 0.333 e. The Labute approximate surface area is 151 Å². The first-order valence-electron chi connectivity index (χ1n) is 8.34. The highest BCUT2D eigenvalue weighted by Gasteiger charge is 2.26. The molecule has 5 heteroatoms. The van der Waals surface area contributed by atoms with Gasteiger partial charge in [0.2, 0.25) is 0 Å². The van der Waals surface area contributed by atoms with Crippen molar-refractivity contribution in [3.05, 3.63) is 95.4 Å². The Bertz CT molecular complexity index is 786. The minimum atomic E-state index is -1.09. The molecule has 1 atom stereocenters. The van der Waals surface area contributed by atoms with Gasteiger partial charge in [-0.05, 0) is 23.3 Å². The van der Waals surface area contributed by atoms with Crippen LogP contribution in [0.3, 0.4) is 0 Å². The average molecular weight is 352 g/mol. The van der Waals surface area contributed by atoms with Crippen molar-refractivity contribution in [1.82, 2.24) is 0 Å². The summed E-state index contributed by atoms with van der Waals surface area (Å²) in [6.07, 6.45) is -1.52. The molecule has 0 saturated carbocycles. The number of rotatable bonds is 8. The summed E-state index contributed by atoms with van der Waals surface area (Å²) in [7, 11) is 0. The van der Waals surface area contributed by atoms with Gasteiger partial charge in [-0.25, -0.2) is 4.79 Å². The van der Waals surface area contributed by atoms with E-state index in [1.807, 2.05) is 60.7 Å². The van der Waals surface area contributed by atoms with Crippen molar-refractivity contribution < 1.29 is 24.2 Å². The Morgan fingerprint density at radius 1 is 0.885 bits per heavy atom. The van der Waals surface area contributed by atoms with Crippen LogP contribution in [0.1, 0.15) is 28.8 Å². The number of ether oxygens (including phenoxy) is 1. The van der Waals surface area contributed by atoms with Gasteiger partial charge < -0.3 is 19.4 Å². The van der Waals surface area contributed by atoms with E-state index in [0.29, 0.717) is 11.5 Å². The zero-order chi connectivity index (χ0) is 18.4. The van der Waals surface area contributed by atoms with Crippen molar-refractivity contribution in [2.75, 3.05) is 0 Å². The third-order valence-corrected chi connectivity index (χ3v) is 4.04. The summed E-state index contributed by atoms with van der Waals surface area (Å²) < 4.78 is 11.4. The van der Waals surface area contributed by atoms with E-state index >= 15 is 0 Å². The number of aliphatic hydroxyl groups is 1. The fourth-order valence-electron chi connectivity index (χ4n) is 2.76. The second kappa shape index (κ2) is 8.47. The van der Waals surface area contributed by atoms with Crippen LogP contribution < -0.4 is 0 Å². The Morgan fingerprint density at radius 3 is 1.88 bits per heavy atom. The first-order chi connectivity index (χ1) is 12.7. The van der Waals surface area contributed by atoms with Crippen molar-refractivity contribution in [1.29, 1.82) is 0 Å². The SMILES string of the molecule is O=C(O)C(Cc1ccc(CO)o1)OC(c1ccccc1)c1ccccc1. The molecule has 0 radical (unpaired) electrons. The first kappa shape index (κ1) is 17.9. The lowest BCUT2D eigenvalue weighted by atomic mass is 10.0. The molecule has 0 aliphatic heterocycles.